The topological polar surface area (TPSA) is 42.4 Å². The third-order valence-corrected chi connectivity index (χ3v) is 2.62. The molecule has 0 saturated carbocycles. The maximum atomic E-state index is 13.0. The zero-order valence-corrected chi connectivity index (χ0v) is 10.1. The number of aryl methyl sites for hydroxylation is 1. The summed E-state index contributed by atoms with van der Waals surface area (Å²) in [6, 6.07) is 8.78. The number of para-hydroxylation sites is 1. The standard InChI is InChI=1S/C14H14FNO2/c1-2-10-5-3-4-6-13(10)18-14-11(9-17)7-12(15)8-16-14/h3-8,17H,2,9H2,1H3. The van der Waals surface area contributed by atoms with E-state index in [9.17, 15) is 4.39 Å². The number of aliphatic hydroxyl groups is 1. The molecule has 0 radical (unpaired) electrons. The second-order valence-electron chi connectivity index (χ2n) is 3.84. The summed E-state index contributed by atoms with van der Waals surface area (Å²) < 4.78 is 18.6. The zero-order valence-electron chi connectivity index (χ0n) is 10.1. The second-order valence-corrected chi connectivity index (χ2v) is 3.84. The number of hydrogen-bond acceptors (Lipinski definition) is 3. The molecule has 1 aromatic heterocycles. The molecule has 0 saturated heterocycles. The SMILES string of the molecule is CCc1ccccc1Oc1ncc(F)cc1CO. The molecule has 18 heavy (non-hydrogen) atoms. The number of ether oxygens (including phenoxy) is 1. The Labute approximate surface area is 105 Å². The predicted molar refractivity (Wildman–Crippen MR) is 66.0 cm³/mol. The molecule has 2 rings (SSSR count). The lowest BCUT2D eigenvalue weighted by Gasteiger charge is -2.11. The summed E-state index contributed by atoms with van der Waals surface area (Å²) in [6.07, 6.45) is 1.90. The minimum Gasteiger partial charge on any atom is -0.438 e. The van der Waals surface area contributed by atoms with Gasteiger partial charge in [-0.25, -0.2) is 9.37 Å². The van der Waals surface area contributed by atoms with E-state index in [0.29, 0.717) is 11.3 Å². The molecule has 0 amide bonds. The predicted octanol–water partition coefficient (Wildman–Crippen LogP) is 3.07. The smallest absolute Gasteiger partial charge is 0.224 e. The van der Waals surface area contributed by atoms with Crippen molar-refractivity contribution >= 4 is 0 Å². The molecule has 0 aliphatic carbocycles. The molecule has 1 heterocycles. The molecular weight excluding hydrogens is 233 g/mol. The van der Waals surface area contributed by atoms with E-state index in [1.165, 1.54) is 6.07 Å². The van der Waals surface area contributed by atoms with Gasteiger partial charge in [0.15, 0.2) is 0 Å². The van der Waals surface area contributed by atoms with Crippen molar-refractivity contribution in [3.05, 3.63) is 53.5 Å². The highest BCUT2D eigenvalue weighted by molar-refractivity contribution is 5.38. The first-order valence-corrected chi connectivity index (χ1v) is 5.75. The van der Waals surface area contributed by atoms with Gasteiger partial charge in [0, 0.05) is 5.56 Å². The number of hydrogen-bond donors (Lipinski definition) is 1. The monoisotopic (exact) mass is 247 g/mol. The van der Waals surface area contributed by atoms with E-state index in [0.717, 1.165) is 18.2 Å². The first kappa shape index (κ1) is 12.5. The Morgan fingerprint density at radius 3 is 2.78 bits per heavy atom. The Balaban J connectivity index is 2.33. The molecule has 94 valence electrons. The van der Waals surface area contributed by atoms with Gasteiger partial charge in [-0.15, -0.1) is 0 Å². The van der Waals surface area contributed by atoms with Crippen LogP contribution in [0.5, 0.6) is 11.6 Å². The van der Waals surface area contributed by atoms with Gasteiger partial charge in [0.25, 0.3) is 0 Å². The van der Waals surface area contributed by atoms with Crippen LogP contribution in [0.25, 0.3) is 0 Å². The molecule has 0 bridgehead atoms. The normalized spacial score (nSPS) is 10.4. The van der Waals surface area contributed by atoms with Gasteiger partial charge in [-0.3, -0.25) is 0 Å². The fraction of sp³-hybridized carbons (Fsp3) is 0.214. The van der Waals surface area contributed by atoms with Gasteiger partial charge in [-0.2, -0.15) is 0 Å². The summed E-state index contributed by atoms with van der Waals surface area (Å²) in [5, 5.41) is 9.16. The zero-order chi connectivity index (χ0) is 13.0. The van der Waals surface area contributed by atoms with Crippen LogP contribution in [0.1, 0.15) is 18.1 Å². The minimum atomic E-state index is -0.491. The quantitative estimate of drug-likeness (QED) is 0.902. The Morgan fingerprint density at radius 2 is 2.06 bits per heavy atom. The number of nitrogens with zero attached hydrogens (tertiary/aromatic N) is 1. The summed E-state index contributed by atoms with van der Waals surface area (Å²) in [6.45, 7) is 1.71. The molecule has 0 fully saturated rings. The Bertz CT molecular complexity index is 543. The van der Waals surface area contributed by atoms with Crippen LogP contribution in [-0.2, 0) is 13.0 Å². The van der Waals surface area contributed by atoms with Crippen molar-refractivity contribution in [2.75, 3.05) is 0 Å². The number of aliphatic hydroxyl groups excluding tert-OH is 1. The number of benzene rings is 1. The molecule has 1 N–H and O–H groups in total. The van der Waals surface area contributed by atoms with E-state index < -0.39 is 5.82 Å². The highest BCUT2D eigenvalue weighted by Crippen LogP contribution is 2.27. The van der Waals surface area contributed by atoms with E-state index in [1.807, 2.05) is 31.2 Å². The fourth-order valence-electron chi connectivity index (χ4n) is 1.67. The summed E-state index contributed by atoms with van der Waals surface area (Å²) >= 11 is 0. The molecule has 1 aromatic carbocycles. The fourth-order valence-corrected chi connectivity index (χ4v) is 1.67. The van der Waals surface area contributed by atoms with Crippen LogP contribution < -0.4 is 4.74 Å². The lowest BCUT2D eigenvalue weighted by molar-refractivity contribution is 0.274. The molecular formula is C14H14FNO2. The summed E-state index contributed by atoms with van der Waals surface area (Å²) in [4.78, 5) is 3.86. The highest BCUT2D eigenvalue weighted by atomic mass is 19.1. The maximum Gasteiger partial charge on any atom is 0.224 e. The van der Waals surface area contributed by atoms with Gasteiger partial charge in [0.05, 0.1) is 12.8 Å². The molecule has 2 aromatic rings. The molecule has 0 aliphatic rings. The Morgan fingerprint density at radius 1 is 1.28 bits per heavy atom. The minimum absolute atomic E-state index is 0.236. The average Bonchev–Trinajstić information content (AvgIpc) is 2.41. The van der Waals surface area contributed by atoms with Crippen molar-refractivity contribution in [2.45, 2.75) is 20.0 Å². The van der Waals surface area contributed by atoms with Crippen LogP contribution in [0.15, 0.2) is 36.5 Å². The van der Waals surface area contributed by atoms with Crippen LogP contribution in [0.3, 0.4) is 0 Å². The number of rotatable bonds is 4. The van der Waals surface area contributed by atoms with E-state index in [1.54, 1.807) is 0 Å². The lowest BCUT2D eigenvalue weighted by atomic mass is 10.1. The van der Waals surface area contributed by atoms with Crippen LogP contribution in [0.2, 0.25) is 0 Å². The summed E-state index contributed by atoms with van der Waals surface area (Å²) in [7, 11) is 0. The van der Waals surface area contributed by atoms with E-state index in [-0.39, 0.29) is 12.5 Å². The van der Waals surface area contributed by atoms with Crippen LogP contribution >= 0.6 is 0 Å². The first-order valence-electron chi connectivity index (χ1n) is 5.75. The van der Waals surface area contributed by atoms with E-state index in [2.05, 4.69) is 4.98 Å². The maximum absolute atomic E-state index is 13.0. The Hall–Kier alpha value is -1.94. The molecule has 3 nitrogen and oxygen atoms in total. The van der Waals surface area contributed by atoms with Gasteiger partial charge in [-0.05, 0) is 24.1 Å². The van der Waals surface area contributed by atoms with Crippen molar-refractivity contribution in [1.29, 1.82) is 0 Å². The molecule has 0 atom stereocenters. The number of halogens is 1. The van der Waals surface area contributed by atoms with Crippen LogP contribution in [0.4, 0.5) is 4.39 Å². The van der Waals surface area contributed by atoms with Gasteiger partial charge >= 0.3 is 0 Å². The van der Waals surface area contributed by atoms with E-state index in [4.69, 9.17) is 9.84 Å². The summed E-state index contributed by atoms with van der Waals surface area (Å²) in [5.74, 6) is 0.420. The number of aromatic nitrogens is 1. The van der Waals surface area contributed by atoms with Gasteiger partial charge < -0.3 is 9.84 Å². The van der Waals surface area contributed by atoms with Gasteiger partial charge in [0.1, 0.15) is 11.6 Å². The second kappa shape index (κ2) is 5.60. The third-order valence-electron chi connectivity index (χ3n) is 2.62. The van der Waals surface area contributed by atoms with Crippen molar-refractivity contribution < 1.29 is 14.2 Å². The highest BCUT2D eigenvalue weighted by Gasteiger charge is 2.09. The van der Waals surface area contributed by atoms with Gasteiger partial charge in [-0.1, -0.05) is 25.1 Å². The van der Waals surface area contributed by atoms with Crippen molar-refractivity contribution in [3.63, 3.8) is 0 Å². The van der Waals surface area contributed by atoms with Crippen LogP contribution in [-0.4, -0.2) is 10.1 Å². The number of pyridine rings is 1. The van der Waals surface area contributed by atoms with Gasteiger partial charge in [0.2, 0.25) is 5.88 Å². The largest absolute Gasteiger partial charge is 0.438 e. The molecule has 0 spiro atoms. The van der Waals surface area contributed by atoms with Crippen molar-refractivity contribution in [2.24, 2.45) is 0 Å². The average molecular weight is 247 g/mol. The Kier molecular flexibility index (Phi) is 3.89. The van der Waals surface area contributed by atoms with Crippen molar-refractivity contribution in [1.82, 2.24) is 4.98 Å². The van der Waals surface area contributed by atoms with E-state index >= 15 is 0 Å². The molecule has 0 aliphatic heterocycles. The van der Waals surface area contributed by atoms with Crippen molar-refractivity contribution in [3.8, 4) is 11.6 Å². The molecule has 4 heteroatoms. The first-order chi connectivity index (χ1) is 8.74. The third kappa shape index (κ3) is 2.65. The van der Waals surface area contributed by atoms with Crippen LogP contribution in [0, 0.1) is 5.82 Å². The lowest BCUT2D eigenvalue weighted by Crippen LogP contribution is -1.98. The molecule has 0 unspecified atom stereocenters. The summed E-state index contributed by atoms with van der Waals surface area (Å²) in [5.41, 5.74) is 1.37.